The fourth-order valence-corrected chi connectivity index (χ4v) is 3.99. The van der Waals surface area contributed by atoms with Gasteiger partial charge in [-0.05, 0) is 51.8 Å². The molecule has 1 aromatic heterocycles. The number of rotatable bonds is 4. The molecule has 0 radical (unpaired) electrons. The van der Waals surface area contributed by atoms with E-state index in [4.69, 9.17) is 0 Å². The third-order valence-corrected chi connectivity index (χ3v) is 5.85. The van der Waals surface area contributed by atoms with E-state index in [0.717, 1.165) is 32.4 Å². The predicted molar refractivity (Wildman–Crippen MR) is 85.1 cm³/mol. The van der Waals surface area contributed by atoms with Crippen molar-refractivity contribution in [3.8, 4) is 0 Å². The highest BCUT2D eigenvalue weighted by Gasteiger charge is 2.40. The van der Waals surface area contributed by atoms with Crippen molar-refractivity contribution in [1.29, 1.82) is 0 Å². The lowest BCUT2D eigenvalue weighted by molar-refractivity contribution is -0.144. The number of amides is 1. The number of nitrogens with one attached hydrogen (secondary N) is 1. The van der Waals surface area contributed by atoms with E-state index in [-0.39, 0.29) is 11.5 Å². The molecule has 2 atom stereocenters. The number of nitrogens with zero attached hydrogens (tertiary/aromatic N) is 1. The number of piperidine rings is 1. The molecule has 1 saturated heterocycles. The maximum atomic E-state index is 13.0. The maximum Gasteiger partial charge on any atom is 0.230 e. The number of hydrogen-bond acceptors (Lipinski definition) is 3. The number of aryl methyl sites for hydroxylation is 1. The zero-order valence-electron chi connectivity index (χ0n) is 13.0. The van der Waals surface area contributed by atoms with Crippen LogP contribution in [0, 0.1) is 12.3 Å². The normalized spacial score (nSPS) is 24.4. The number of thiophene rings is 1. The van der Waals surface area contributed by atoms with Crippen LogP contribution >= 0.6 is 11.3 Å². The zero-order valence-corrected chi connectivity index (χ0v) is 13.8. The smallest absolute Gasteiger partial charge is 0.230 e. The standard InChI is InChI=1S/C16H26N2OS/c1-5-16(9-6-10-17-11-16)15(19)18(4)13(3)14-8-7-12(2)20-14/h7-8,13,17H,5-6,9-11H2,1-4H3. The molecule has 0 aliphatic carbocycles. The Hall–Kier alpha value is -0.870. The highest BCUT2D eigenvalue weighted by molar-refractivity contribution is 7.12. The monoisotopic (exact) mass is 294 g/mol. The second-order valence-corrected chi connectivity index (χ2v) is 7.27. The molecule has 2 heterocycles. The molecule has 20 heavy (non-hydrogen) atoms. The van der Waals surface area contributed by atoms with Crippen LogP contribution in [0.15, 0.2) is 12.1 Å². The van der Waals surface area contributed by atoms with Crippen LogP contribution in [0.5, 0.6) is 0 Å². The van der Waals surface area contributed by atoms with Crippen molar-refractivity contribution in [1.82, 2.24) is 10.2 Å². The summed E-state index contributed by atoms with van der Waals surface area (Å²) in [5.41, 5.74) is -0.201. The Labute approximate surface area is 126 Å². The van der Waals surface area contributed by atoms with Gasteiger partial charge in [0.25, 0.3) is 0 Å². The lowest BCUT2D eigenvalue weighted by atomic mass is 9.77. The molecule has 2 rings (SSSR count). The Morgan fingerprint density at radius 2 is 2.30 bits per heavy atom. The lowest BCUT2D eigenvalue weighted by Crippen LogP contribution is -2.51. The van der Waals surface area contributed by atoms with Gasteiger partial charge in [0.05, 0.1) is 11.5 Å². The van der Waals surface area contributed by atoms with Gasteiger partial charge in [-0.15, -0.1) is 11.3 Å². The highest BCUT2D eigenvalue weighted by atomic mass is 32.1. The van der Waals surface area contributed by atoms with Crippen LogP contribution in [0.1, 0.15) is 48.9 Å². The van der Waals surface area contributed by atoms with Gasteiger partial charge in [-0.25, -0.2) is 0 Å². The van der Waals surface area contributed by atoms with Crippen molar-refractivity contribution in [3.63, 3.8) is 0 Å². The third kappa shape index (κ3) is 2.91. The van der Waals surface area contributed by atoms with Crippen LogP contribution in [0.3, 0.4) is 0 Å². The molecule has 1 aliphatic rings. The van der Waals surface area contributed by atoms with Crippen LogP contribution in [-0.2, 0) is 4.79 Å². The van der Waals surface area contributed by atoms with E-state index in [2.05, 4.69) is 38.2 Å². The third-order valence-electron chi connectivity index (χ3n) is 4.68. The van der Waals surface area contributed by atoms with Gasteiger partial charge in [-0.3, -0.25) is 4.79 Å². The summed E-state index contributed by atoms with van der Waals surface area (Å²) in [5, 5.41) is 3.40. The predicted octanol–water partition coefficient (Wildman–Crippen LogP) is 3.36. The Kier molecular flexibility index (Phi) is 4.86. The minimum absolute atomic E-state index is 0.159. The summed E-state index contributed by atoms with van der Waals surface area (Å²) >= 11 is 1.79. The second kappa shape index (κ2) is 6.27. The quantitative estimate of drug-likeness (QED) is 0.923. The van der Waals surface area contributed by atoms with Gasteiger partial charge in [0, 0.05) is 23.3 Å². The average molecular weight is 294 g/mol. The van der Waals surface area contributed by atoms with Crippen molar-refractivity contribution in [2.75, 3.05) is 20.1 Å². The molecule has 3 nitrogen and oxygen atoms in total. The first kappa shape index (κ1) is 15.5. The van der Waals surface area contributed by atoms with Gasteiger partial charge < -0.3 is 10.2 Å². The number of carbonyl (C=O) groups excluding carboxylic acids is 1. The molecule has 1 N–H and O–H groups in total. The van der Waals surface area contributed by atoms with Crippen molar-refractivity contribution in [2.45, 2.75) is 46.1 Å². The molecule has 1 fully saturated rings. The summed E-state index contributed by atoms with van der Waals surface area (Å²) in [6.07, 6.45) is 3.02. The van der Waals surface area contributed by atoms with Crippen molar-refractivity contribution in [2.24, 2.45) is 5.41 Å². The van der Waals surface area contributed by atoms with E-state index in [0.29, 0.717) is 5.91 Å². The van der Waals surface area contributed by atoms with Gasteiger partial charge in [-0.2, -0.15) is 0 Å². The van der Waals surface area contributed by atoms with Crippen LogP contribution in [0.2, 0.25) is 0 Å². The van der Waals surface area contributed by atoms with Gasteiger partial charge in [0.1, 0.15) is 0 Å². The first-order valence-electron chi connectivity index (χ1n) is 7.54. The maximum absolute atomic E-state index is 13.0. The number of carbonyl (C=O) groups is 1. The molecular formula is C16H26N2OS. The molecule has 0 aromatic carbocycles. The highest BCUT2D eigenvalue weighted by Crippen LogP contribution is 2.35. The molecule has 2 unspecified atom stereocenters. The SMILES string of the molecule is CCC1(C(=O)N(C)C(C)c2ccc(C)s2)CCCNC1. The van der Waals surface area contributed by atoms with Gasteiger partial charge in [0.15, 0.2) is 0 Å². The van der Waals surface area contributed by atoms with Crippen LogP contribution < -0.4 is 5.32 Å². The molecular weight excluding hydrogens is 268 g/mol. The summed E-state index contributed by atoms with van der Waals surface area (Å²) in [6, 6.07) is 4.44. The molecule has 1 aliphatic heterocycles. The Morgan fingerprint density at radius 1 is 1.55 bits per heavy atom. The summed E-state index contributed by atoms with van der Waals surface area (Å²) < 4.78 is 0. The van der Waals surface area contributed by atoms with E-state index in [1.54, 1.807) is 11.3 Å². The Bertz CT molecular complexity index is 463. The largest absolute Gasteiger partial charge is 0.338 e. The molecule has 0 bridgehead atoms. The summed E-state index contributed by atoms with van der Waals surface area (Å²) in [5.74, 6) is 0.297. The molecule has 0 saturated carbocycles. The molecule has 112 valence electrons. The topological polar surface area (TPSA) is 32.3 Å². The zero-order chi connectivity index (χ0) is 14.8. The first-order chi connectivity index (χ1) is 9.50. The fraction of sp³-hybridized carbons (Fsp3) is 0.688. The fourth-order valence-electron chi connectivity index (χ4n) is 3.02. The summed E-state index contributed by atoms with van der Waals surface area (Å²) in [4.78, 5) is 17.5. The van der Waals surface area contributed by atoms with Crippen molar-refractivity contribution in [3.05, 3.63) is 21.9 Å². The van der Waals surface area contributed by atoms with Crippen LogP contribution in [0.4, 0.5) is 0 Å². The van der Waals surface area contributed by atoms with E-state index in [1.165, 1.54) is 9.75 Å². The van der Waals surface area contributed by atoms with Crippen molar-refractivity contribution < 1.29 is 4.79 Å². The van der Waals surface area contributed by atoms with E-state index in [9.17, 15) is 4.79 Å². The van der Waals surface area contributed by atoms with Crippen LogP contribution in [0.25, 0.3) is 0 Å². The van der Waals surface area contributed by atoms with E-state index >= 15 is 0 Å². The van der Waals surface area contributed by atoms with Gasteiger partial charge >= 0.3 is 0 Å². The first-order valence-corrected chi connectivity index (χ1v) is 8.36. The molecule has 4 heteroatoms. The van der Waals surface area contributed by atoms with Gasteiger partial charge in [-0.1, -0.05) is 6.92 Å². The summed E-state index contributed by atoms with van der Waals surface area (Å²) in [6.45, 7) is 8.24. The number of hydrogen-bond donors (Lipinski definition) is 1. The molecule has 1 aromatic rings. The van der Waals surface area contributed by atoms with Gasteiger partial charge in [0.2, 0.25) is 5.91 Å². The summed E-state index contributed by atoms with van der Waals surface area (Å²) in [7, 11) is 1.95. The van der Waals surface area contributed by atoms with Crippen LogP contribution in [-0.4, -0.2) is 30.9 Å². The minimum atomic E-state index is -0.201. The van der Waals surface area contributed by atoms with E-state index in [1.807, 2.05) is 11.9 Å². The lowest BCUT2D eigenvalue weighted by Gasteiger charge is -2.40. The second-order valence-electron chi connectivity index (χ2n) is 5.95. The molecule has 1 amide bonds. The average Bonchev–Trinajstić information content (AvgIpc) is 2.92. The Morgan fingerprint density at radius 3 is 2.80 bits per heavy atom. The van der Waals surface area contributed by atoms with E-state index < -0.39 is 0 Å². The van der Waals surface area contributed by atoms with Crippen molar-refractivity contribution >= 4 is 17.2 Å². The minimum Gasteiger partial charge on any atom is -0.338 e. The Balaban J connectivity index is 2.14. The molecule has 0 spiro atoms.